The van der Waals surface area contributed by atoms with Gasteiger partial charge in [0.25, 0.3) is 0 Å². The Labute approximate surface area is 124 Å². The molecular weight excluding hydrogens is 274 g/mol. The first kappa shape index (κ1) is 13.4. The van der Waals surface area contributed by atoms with Crippen LogP contribution in [0.25, 0.3) is 10.1 Å². The fraction of sp³-hybridized carbons (Fsp3) is 0.500. The van der Waals surface area contributed by atoms with Crippen molar-refractivity contribution in [3.63, 3.8) is 0 Å². The quantitative estimate of drug-likeness (QED) is 0.788. The Hall–Kier alpha value is -0.570. The lowest BCUT2D eigenvalue weighted by atomic mass is 9.83. The standard InChI is InChI=1S/C16H20ClNS/c17-12-16(8-4-1-5-9-16)18-10-13-11-19-15-7-3-2-6-14(13)15/h2-3,6-7,11,18H,1,4-5,8-10,12H2. The maximum absolute atomic E-state index is 6.24. The van der Waals surface area contributed by atoms with Gasteiger partial charge in [0.05, 0.1) is 0 Å². The van der Waals surface area contributed by atoms with Gasteiger partial charge < -0.3 is 5.32 Å². The van der Waals surface area contributed by atoms with Crippen LogP contribution in [0.15, 0.2) is 29.6 Å². The number of fused-ring (bicyclic) bond motifs is 1. The molecule has 1 aliphatic rings. The summed E-state index contributed by atoms with van der Waals surface area (Å²) in [6, 6.07) is 8.65. The summed E-state index contributed by atoms with van der Waals surface area (Å²) < 4.78 is 1.38. The molecule has 2 aromatic rings. The first-order valence-corrected chi connectivity index (χ1v) is 8.51. The van der Waals surface area contributed by atoms with E-state index in [2.05, 4.69) is 35.0 Å². The molecule has 0 saturated heterocycles. The van der Waals surface area contributed by atoms with Gasteiger partial charge in [0, 0.05) is 22.7 Å². The molecule has 0 atom stereocenters. The summed E-state index contributed by atoms with van der Waals surface area (Å²) in [5.74, 6) is 0.731. The zero-order valence-corrected chi connectivity index (χ0v) is 12.7. The molecular formula is C16H20ClNS. The van der Waals surface area contributed by atoms with Crippen LogP contribution in [0, 0.1) is 0 Å². The minimum Gasteiger partial charge on any atom is -0.306 e. The van der Waals surface area contributed by atoms with E-state index in [1.54, 1.807) is 0 Å². The van der Waals surface area contributed by atoms with Gasteiger partial charge in [-0.3, -0.25) is 0 Å². The summed E-state index contributed by atoms with van der Waals surface area (Å²) in [6.07, 6.45) is 6.42. The minimum absolute atomic E-state index is 0.169. The summed E-state index contributed by atoms with van der Waals surface area (Å²) in [4.78, 5) is 0. The summed E-state index contributed by atoms with van der Waals surface area (Å²) in [7, 11) is 0. The van der Waals surface area contributed by atoms with Gasteiger partial charge >= 0.3 is 0 Å². The van der Waals surface area contributed by atoms with Gasteiger partial charge in [0.2, 0.25) is 0 Å². The van der Waals surface area contributed by atoms with Gasteiger partial charge in [-0.25, -0.2) is 0 Å². The minimum atomic E-state index is 0.169. The van der Waals surface area contributed by atoms with E-state index in [1.165, 1.54) is 47.8 Å². The van der Waals surface area contributed by atoms with E-state index in [0.717, 1.165) is 12.4 Å². The van der Waals surface area contributed by atoms with Crippen molar-refractivity contribution in [1.29, 1.82) is 0 Å². The Morgan fingerprint density at radius 1 is 1.16 bits per heavy atom. The molecule has 102 valence electrons. The Morgan fingerprint density at radius 2 is 1.95 bits per heavy atom. The lowest BCUT2D eigenvalue weighted by molar-refractivity contribution is 0.257. The molecule has 0 spiro atoms. The van der Waals surface area contributed by atoms with Crippen LogP contribution in [0.3, 0.4) is 0 Å². The largest absolute Gasteiger partial charge is 0.306 e. The molecule has 3 heteroatoms. The van der Waals surface area contributed by atoms with E-state index < -0.39 is 0 Å². The smallest absolute Gasteiger partial charge is 0.0406 e. The van der Waals surface area contributed by atoms with E-state index in [9.17, 15) is 0 Å². The second-order valence-corrected chi connectivity index (χ2v) is 6.76. The highest BCUT2D eigenvalue weighted by Gasteiger charge is 2.30. The monoisotopic (exact) mass is 293 g/mol. The normalized spacial score (nSPS) is 18.8. The number of hydrogen-bond acceptors (Lipinski definition) is 2. The molecule has 0 bridgehead atoms. The molecule has 19 heavy (non-hydrogen) atoms. The highest BCUT2D eigenvalue weighted by atomic mass is 35.5. The molecule has 0 aliphatic heterocycles. The van der Waals surface area contributed by atoms with Crippen LogP contribution < -0.4 is 5.32 Å². The third-order valence-corrected chi connectivity index (χ3v) is 5.81. The molecule has 1 aliphatic carbocycles. The van der Waals surface area contributed by atoms with E-state index in [4.69, 9.17) is 11.6 Å². The molecule has 1 nitrogen and oxygen atoms in total. The molecule has 1 heterocycles. The number of hydrogen-bond donors (Lipinski definition) is 1. The zero-order valence-electron chi connectivity index (χ0n) is 11.1. The second kappa shape index (κ2) is 5.82. The Morgan fingerprint density at radius 3 is 2.74 bits per heavy atom. The van der Waals surface area contributed by atoms with Crippen LogP contribution in [0.4, 0.5) is 0 Å². The average Bonchev–Trinajstić information content (AvgIpc) is 2.89. The third-order valence-electron chi connectivity index (χ3n) is 4.28. The van der Waals surface area contributed by atoms with Crippen molar-refractivity contribution in [1.82, 2.24) is 5.32 Å². The van der Waals surface area contributed by atoms with Crippen molar-refractivity contribution in [3.05, 3.63) is 35.2 Å². The number of nitrogens with one attached hydrogen (secondary N) is 1. The molecule has 1 N–H and O–H groups in total. The Balaban J connectivity index is 1.74. The Bertz CT molecular complexity index is 542. The lowest BCUT2D eigenvalue weighted by Crippen LogP contribution is -2.48. The average molecular weight is 294 g/mol. The van der Waals surface area contributed by atoms with Crippen LogP contribution in [-0.4, -0.2) is 11.4 Å². The van der Waals surface area contributed by atoms with Crippen LogP contribution >= 0.6 is 22.9 Å². The first-order valence-electron chi connectivity index (χ1n) is 7.09. The van der Waals surface area contributed by atoms with Crippen LogP contribution in [0.1, 0.15) is 37.7 Å². The zero-order chi connectivity index (χ0) is 13.1. The van der Waals surface area contributed by atoms with Crippen molar-refractivity contribution in [2.24, 2.45) is 0 Å². The third kappa shape index (κ3) is 2.81. The van der Waals surface area contributed by atoms with Gasteiger partial charge in [-0.2, -0.15) is 0 Å². The second-order valence-electron chi connectivity index (χ2n) is 5.59. The molecule has 1 aromatic heterocycles. The predicted octanol–water partition coefficient (Wildman–Crippen LogP) is 4.93. The van der Waals surface area contributed by atoms with Gasteiger partial charge in [-0.1, -0.05) is 37.5 Å². The fourth-order valence-corrected chi connectivity index (χ4v) is 4.36. The number of thiophene rings is 1. The summed E-state index contributed by atoms with van der Waals surface area (Å²) in [6.45, 7) is 0.941. The first-order chi connectivity index (χ1) is 9.33. The van der Waals surface area contributed by atoms with Crippen molar-refractivity contribution in [3.8, 4) is 0 Å². The topological polar surface area (TPSA) is 12.0 Å². The molecule has 1 aromatic carbocycles. The predicted molar refractivity (Wildman–Crippen MR) is 85.2 cm³/mol. The highest BCUT2D eigenvalue weighted by molar-refractivity contribution is 7.17. The van der Waals surface area contributed by atoms with E-state index in [1.807, 2.05) is 11.3 Å². The lowest BCUT2D eigenvalue weighted by Gasteiger charge is -2.36. The van der Waals surface area contributed by atoms with Gasteiger partial charge in [-0.15, -0.1) is 22.9 Å². The molecule has 3 rings (SSSR count). The van der Waals surface area contributed by atoms with E-state index in [-0.39, 0.29) is 5.54 Å². The van der Waals surface area contributed by atoms with Crippen molar-refractivity contribution >= 4 is 33.0 Å². The van der Waals surface area contributed by atoms with E-state index in [0.29, 0.717) is 0 Å². The fourth-order valence-electron chi connectivity index (χ4n) is 3.04. The Kier molecular flexibility index (Phi) is 4.11. The van der Waals surface area contributed by atoms with Gasteiger partial charge in [-0.05, 0) is 35.2 Å². The summed E-state index contributed by atoms with van der Waals surface area (Å²) in [5, 5.41) is 7.42. The van der Waals surface area contributed by atoms with Crippen molar-refractivity contribution in [2.45, 2.75) is 44.2 Å². The number of benzene rings is 1. The maximum atomic E-state index is 6.24. The highest BCUT2D eigenvalue weighted by Crippen LogP contribution is 2.31. The van der Waals surface area contributed by atoms with Crippen LogP contribution in [0.5, 0.6) is 0 Å². The molecule has 0 amide bonds. The van der Waals surface area contributed by atoms with Gasteiger partial charge in [0.15, 0.2) is 0 Å². The van der Waals surface area contributed by atoms with E-state index >= 15 is 0 Å². The number of alkyl halides is 1. The molecule has 0 radical (unpaired) electrons. The molecule has 1 fully saturated rings. The molecule has 0 unspecified atom stereocenters. The van der Waals surface area contributed by atoms with Crippen molar-refractivity contribution in [2.75, 3.05) is 5.88 Å². The number of halogens is 1. The summed E-state index contributed by atoms with van der Waals surface area (Å²) >= 11 is 8.07. The SMILES string of the molecule is ClCC1(NCc2csc3ccccc23)CCCCC1. The van der Waals surface area contributed by atoms with Crippen LogP contribution in [-0.2, 0) is 6.54 Å². The molecule has 1 saturated carbocycles. The summed E-state index contributed by atoms with van der Waals surface area (Å²) in [5.41, 5.74) is 1.58. The number of rotatable bonds is 4. The van der Waals surface area contributed by atoms with Crippen molar-refractivity contribution < 1.29 is 0 Å². The van der Waals surface area contributed by atoms with Gasteiger partial charge in [0.1, 0.15) is 0 Å². The maximum Gasteiger partial charge on any atom is 0.0406 e. The van der Waals surface area contributed by atoms with Crippen LogP contribution in [0.2, 0.25) is 0 Å².